The smallest absolute Gasteiger partial charge is 0.410 e. The number of carbonyl (C=O) groups excluding carboxylic acids is 3. The lowest BCUT2D eigenvalue weighted by Gasteiger charge is -2.31. The summed E-state index contributed by atoms with van der Waals surface area (Å²) >= 11 is 0. The molecule has 2 fully saturated rings. The number of carbonyl (C=O) groups is 4. The van der Waals surface area contributed by atoms with Gasteiger partial charge in [-0.05, 0) is 52.2 Å². The molecule has 4 N–H and O–H groups in total. The number of nitrogens with zero attached hydrogens (tertiary/aromatic N) is 5. The average molecular weight is 583 g/mol. The molecule has 2 aliphatic rings. The fourth-order valence-electron chi connectivity index (χ4n) is 4.98. The van der Waals surface area contributed by atoms with E-state index >= 15 is 0 Å². The van der Waals surface area contributed by atoms with Crippen LogP contribution in [0.5, 0.6) is 0 Å². The number of benzene rings is 1. The molecule has 2 aromatic heterocycles. The van der Waals surface area contributed by atoms with Crippen LogP contribution in [0.3, 0.4) is 0 Å². The Labute approximate surface area is 239 Å². The van der Waals surface area contributed by atoms with Crippen LogP contribution < -0.4 is 20.9 Å². The molecule has 3 aromatic rings. The van der Waals surface area contributed by atoms with Crippen molar-refractivity contribution in [3.8, 4) is 0 Å². The molecule has 1 aliphatic heterocycles. The van der Waals surface area contributed by atoms with Crippen molar-refractivity contribution < 1.29 is 33.4 Å². The van der Waals surface area contributed by atoms with E-state index in [4.69, 9.17) is 9.84 Å². The molecule has 1 aliphatic carbocycles. The van der Waals surface area contributed by atoms with Crippen molar-refractivity contribution in [2.24, 2.45) is 0 Å². The minimum atomic E-state index is -1.33. The predicted octanol–water partition coefficient (Wildman–Crippen LogP) is 2.67. The topological polar surface area (TPSA) is 181 Å². The summed E-state index contributed by atoms with van der Waals surface area (Å²) in [4.78, 5) is 63.7. The van der Waals surface area contributed by atoms with Crippen LogP contribution in [-0.4, -0.2) is 79.3 Å². The Morgan fingerprint density at radius 1 is 1.21 bits per heavy atom. The fourth-order valence-corrected chi connectivity index (χ4v) is 4.98. The highest BCUT2D eigenvalue weighted by Crippen LogP contribution is 2.34. The van der Waals surface area contributed by atoms with E-state index in [-0.39, 0.29) is 54.0 Å². The molecule has 14 nitrogen and oxygen atoms in total. The molecule has 3 amide bonds. The van der Waals surface area contributed by atoms with Crippen LogP contribution in [-0.2, 0) is 16.1 Å². The highest BCUT2D eigenvalue weighted by atomic mass is 19.1. The maximum atomic E-state index is 14.9. The van der Waals surface area contributed by atoms with Crippen molar-refractivity contribution >= 4 is 47.0 Å². The highest BCUT2D eigenvalue weighted by Gasteiger charge is 2.48. The standard InChI is InChI=1S/C27H31FN8O6/c1-26(2,3)42-25(41)34-27(23(38)32-15-4-5-15)8-9-35(12-27)19-7-6-18(28)17(11-37)16(19)10-36-14-31-20-21(33-24(39)40)29-13-30-22(20)36/h6-7,11,13-15H,4-5,8-10,12H2,1-3H3,(H,32,38)(H,34,41)(H,39,40)(H,29,30,33)/t27-/m1/s1. The van der Waals surface area contributed by atoms with Gasteiger partial charge in [0.1, 0.15) is 23.3 Å². The Hall–Kier alpha value is -4.82. The quantitative estimate of drug-likeness (QED) is 0.288. The lowest BCUT2D eigenvalue weighted by atomic mass is 9.97. The van der Waals surface area contributed by atoms with E-state index in [1.807, 2.05) is 4.90 Å². The molecule has 5 rings (SSSR count). The number of nitrogens with one attached hydrogen (secondary N) is 3. The lowest BCUT2D eigenvalue weighted by Crippen LogP contribution is -2.61. The molecule has 222 valence electrons. The maximum Gasteiger partial charge on any atom is 0.410 e. The molecule has 3 heterocycles. The van der Waals surface area contributed by atoms with E-state index in [2.05, 4.69) is 30.9 Å². The van der Waals surface area contributed by atoms with Crippen LogP contribution in [0.1, 0.15) is 56.0 Å². The summed E-state index contributed by atoms with van der Waals surface area (Å²) in [6, 6.07) is 2.74. The van der Waals surface area contributed by atoms with Gasteiger partial charge in [-0.25, -0.2) is 28.9 Å². The van der Waals surface area contributed by atoms with Crippen LogP contribution in [0.2, 0.25) is 0 Å². The predicted molar refractivity (Wildman–Crippen MR) is 148 cm³/mol. The van der Waals surface area contributed by atoms with Crippen molar-refractivity contribution in [2.45, 2.75) is 63.8 Å². The van der Waals surface area contributed by atoms with Gasteiger partial charge >= 0.3 is 12.2 Å². The second-order valence-electron chi connectivity index (χ2n) is 11.4. The van der Waals surface area contributed by atoms with Gasteiger partial charge in [-0.15, -0.1) is 0 Å². The van der Waals surface area contributed by atoms with Crippen LogP contribution in [0, 0.1) is 5.82 Å². The number of hydrogen-bond acceptors (Lipinski definition) is 9. The molecule has 1 saturated heterocycles. The number of hydrogen-bond donors (Lipinski definition) is 4. The van der Waals surface area contributed by atoms with Crippen molar-refractivity contribution in [1.82, 2.24) is 30.2 Å². The Morgan fingerprint density at radius 3 is 2.64 bits per heavy atom. The summed E-state index contributed by atoms with van der Waals surface area (Å²) in [5.74, 6) is -1.10. The van der Waals surface area contributed by atoms with Gasteiger partial charge in [0.2, 0.25) is 5.91 Å². The molecular formula is C27H31FN8O6. The number of fused-ring (bicyclic) bond motifs is 1. The van der Waals surface area contributed by atoms with E-state index in [1.54, 1.807) is 20.8 Å². The highest BCUT2D eigenvalue weighted by molar-refractivity contribution is 5.93. The van der Waals surface area contributed by atoms with Gasteiger partial charge in [0.05, 0.1) is 25.0 Å². The van der Waals surface area contributed by atoms with Crippen LogP contribution >= 0.6 is 0 Å². The Kier molecular flexibility index (Phi) is 7.43. The summed E-state index contributed by atoms with van der Waals surface area (Å²) in [6.07, 6.45) is 2.85. The van der Waals surface area contributed by atoms with E-state index in [0.717, 1.165) is 19.2 Å². The first-order valence-corrected chi connectivity index (χ1v) is 13.4. The van der Waals surface area contributed by atoms with Gasteiger partial charge in [0, 0.05) is 23.8 Å². The summed E-state index contributed by atoms with van der Waals surface area (Å²) < 4.78 is 21.9. The van der Waals surface area contributed by atoms with E-state index in [1.165, 1.54) is 23.0 Å². The number of aldehydes is 1. The maximum absolute atomic E-state index is 14.9. The molecule has 0 unspecified atom stereocenters. The number of alkyl carbamates (subject to hydrolysis) is 1. The number of ether oxygens (including phenoxy) is 1. The number of carboxylic acid groups (broad SMARTS) is 1. The summed E-state index contributed by atoms with van der Waals surface area (Å²) in [5, 5.41) is 17.0. The van der Waals surface area contributed by atoms with Crippen molar-refractivity contribution in [2.75, 3.05) is 23.3 Å². The first-order chi connectivity index (χ1) is 19.9. The van der Waals surface area contributed by atoms with E-state index in [0.29, 0.717) is 24.1 Å². The third-order valence-electron chi connectivity index (χ3n) is 7.05. The molecule has 0 radical (unpaired) electrons. The second-order valence-corrected chi connectivity index (χ2v) is 11.4. The summed E-state index contributed by atoms with van der Waals surface area (Å²) in [5.41, 5.74) is -1.10. The second kappa shape index (κ2) is 10.9. The minimum Gasteiger partial charge on any atom is -0.465 e. The third kappa shape index (κ3) is 5.94. The third-order valence-corrected chi connectivity index (χ3v) is 7.05. The zero-order valence-electron chi connectivity index (χ0n) is 23.3. The van der Waals surface area contributed by atoms with Crippen LogP contribution in [0.25, 0.3) is 11.2 Å². The normalized spacial score (nSPS) is 18.5. The van der Waals surface area contributed by atoms with Gasteiger partial charge in [-0.1, -0.05) is 0 Å². The van der Waals surface area contributed by atoms with Crippen molar-refractivity contribution in [1.29, 1.82) is 0 Å². The van der Waals surface area contributed by atoms with Gasteiger partial charge in [0.25, 0.3) is 0 Å². The number of anilines is 2. The van der Waals surface area contributed by atoms with Crippen molar-refractivity contribution in [3.63, 3.8) is 0 Å². The number of imidazole rings is 1. The Morgan fingerprint density at radius 2 is 1.98 bits per heavy atom. The Balaban J connectivity index is 1.49. The molecule has 1 aromatic carbocycles. The zero-order chi connectivity index (χ0) is 30.2. The van der Waals surface area contributed by atoms with Gasteiger partial charge < -0.3 is 29.9 Å². The number of aromatic nitrogens is 4. The molecule has 0 spiro atoms. The number of rotatable bonds is 8. The van der Waals surface area contributed by atoms with Crippen LogP contribution in [0.15, 0.2) is 24.8 Å². The SMILES string of the molecule is CC(C)(C)OC(=O)N[C@]1(C(=O)NC2CC2)CCN(c2ccc(F)c(C=O)c2Cn2cnc3c(NC(=O)O)ncnc32)C1. The first kappa shape index (κ1) is 28.7. The minimum absolute atomic E-state index is 0.0273. The van der Waals surface area contributed by atoms with Gasteiger partial charge in [-0.3, -0.25) is 14.9 Å². The summed E-state index contributed by atoms with van der Waals surface area (Å²) in [6.45, 7) is 5.47. The fraction of sp³-hybridized carbons (Fsp3) is 0.444. The first-order valence-electron chi connectivity index (χ1n) is 13.4. The zero-order valence-corrected chi connectivity index (χ0v) is 23.3. The van der Waals surface area contributed by atoms with Gasteiger partial charge in [-0.2, -0.15) is 0 Å². The molecule has 1 atom stereocenters. The van der Waals surface area contributed by atoms with Crippen LogP contribution in [0.4, 0.5) is 25.5 Å². The van der Waals surface area contributed by atoms with Gasteiger partial charge in [0.15, 0.2) is 23.3 Å². The average Bonchev–Trinajstić information content (AvgIpc) is 3.46. The molecular weight excluding hydrogens is 551 g/mol. The molecule has 15 heteroatoms. The number of halogens is 1. The molecule has 1 saturated carbocycles. The number of amides is 3. The summed E-state index contributed by atoms with van der Waals surface area (Å²) in [7, 11) is 0. The Bertz CT molecular complexity index is 1570. The lowest BCUT2D eigenvalue weighted by molar-refractivity contribution is -0.127. The molecule has 42 heavy (non-hydrogen) atoms. The largest absolute Gasteiger partial charge is 0.465 e. The molecule has 0 bridgehead atoms. The van der Waals surface area contributed by atoms with Crippen molar-refractivity contribution in [3.05, 3.63) is 41.7 Å². The van der Waals surface area contributed by atoms with E-state index in [9.17, 15) is 23.6 Å². The van der Waals surface area contributed by atoms with E-state index < -0.39 is 29.1 Å². The monoisotopic (exact) mass is 582 g/mol.